The van der Waals surface area contributed by atoms with Crippen LogP contribution in [-0.4, -0.2) is 141 Å². The highest BCUT2D eigenvalue weighted by Gasteiger charge is 2.52. The first kappa shape index (κ1) is 43.9. The average Bonchev–Trinajstić information content (AvgIpc) is 4.04. The minimum atomic E-state index is -0.878. The zero-order valence-corrected chi connectivity index (χ0v) is 35.6. The second-order valence-electron chi connectivity index (χ2n) is 17.8. The quantitative estimate of drug-likeness (QED) is 0.351. The Balaban J connectivity index is 1.08. The number of aryl methyl sites for hydroxylation is 1. The Labute approximate surface area is 354 Å². The van der Waals surface area contributed by atoms with Crippen molar-refractivity contribution < 1.29 is 42.9 Å². The first-order chi connectivity index (χ1) is 29.1. The lowest BCUT2D eigenvalue weighted by Gasteiger charge is -2.29. The van der Waals surface area contributed by atoms with Crippen LogP contribution in [0, 0.1) is 29.6 Å². The van der Waals surface area contributed by atoms with Crippen LogP contribution in [0.25, 0.3) is 0 Å². The number of fused-ring (bicyclic) bond motifs is 10. The molecule has 13 nitrogen and oxygen atoms in total. The Hall–Kier alpha value is -4.17. The summed E-state index contributed by atoms with van der Waals surface area (Å²) in [6, 6.07) is 20.3. The molecule has 5 aliphatic rings. The van der Waals surface area contributed by atoms with Gasteiger partial charge in [-0.3, -0.25) is 24.0 Å². The number of ether oxygens (including phenoxy) is 4. The monoisotopic (exact) mass is 828 g/mol. The fourth-order valence-corrected chi connectivity index (χ4v) is 10.2. The summed E-state index contributed by atoms with van der Waals surface area (Å²) in [5.41, 5.74) is 2.56. The third-order valence-corrected chi connectivity index (χ3v) is 13.8. The van der Waals surface area contributed by atoms with E-state index in [0.717, 1.165) is 51.7 Å². The van der Waals surface area contributed by atoms with Crippen molar-refractivity contribution >= 4 is 29.5 Å². The van der Waals surface area contributed by atoms with Gasteiger partial charge in [-0.25, -0.2) is 0 Å². The summed E-state index contributed by atoms with van der Waals surface area (Å²) < 4.78 is 24.4. The molecule has 2 aromatic carbocycles. The number of amides is 2. The van der Waals surface area contributed by atoms with Crippen LogP contribution in [0.1, 0.15) is 63.5 Å². The van der Waals surface area contributed by atoms with Crippen molar-refractivity contribution in [3.05, 3.63) is 71.8 Å². The number of hydrogen-bond acceptors (Lipinski definition) is 11. The molecule has 0 radical (unpaired) electrons. The van der Waals surface area contributed by atoms with Gasteiger partial charge in [0, 0.05) is 57.0 Å². The van der Waals surface area contributed by atoms with Gasteiger partial charge >= 0.3 is 11.9 Å². The maximum atomic E-state index is 14.6. The van der Waals surface area contributed by atoms with E-state index >= 15 is 0 Å². The minimum Gasteiger partial charge on any atom is -0.465 e. The summed E-state index contributed by atoms with van der Waals surface area (Å²) in [5.74, 6) is -2.51. The number of likely N-dealkylation sites (N-methyl/N-ethyl adjacent to an activating group) is 1. The van der Waals surface area contributed by atoms with Crippen molar-refractivity contribution in [2.75, 3.05) is 66.2 Å². The summed E-state index contributed by atoms with van der Waals surface area (Å²) in [4.78, 5) is 73.8. The summed E-state index contributed by atoms with van der Waals surface area (Å²) in [6.45, 7) is 7.11. The molecular formula is C47H64N4O9. The number of hydrogen-bond donors (Lipinski definition) is 1. The number of cyclic esters (lactones) is 2. The number of carbonyl (C=O) groups is 5. The number of benzene rings is 2. The molecule has 4 bridgehead atoms. The third kappa shape index (κ3) is 10.8. The second-order valence-corrected chi connectivity index (χ2v) is 17.8. The van der Waals surface area contributed by atoms with Crippen molar-refractivity contribution in [3.63, 3.8) is 0 Å². The molecule has 326 valence electrons. The Morgan fingerprint density at radius 3 is 1.98 bits per heavy atom. The van der Waals surface area contributed by atoms with E-state index in [9.17, 15) is 24.0 Å². The number of ketones is 1. The van der Waals surface area contributed by atoms with Crippen molar-refractivity contribution in [1.29, 1.82) is 0 Å². The van der Waals surface area contributed by atoms with E-state index in [1.54, 1.807) is 20.9 Å². The van der Waals surface area contributed by atoms with Gasteiger partial charge in [0.1, 0.15) is 19.0 Å². The van der Waals surface area contributed by atoms with E-state index < -0.39 is 29.8 Å². The number of rotatable bonds is 10. The van der Waals surface area contributed by atoms with Crippen LogP contribution >= 0.6 is 0 Å². The summed E-state index contributed by atoms with van der Waals surface area (Å²) in [7, 11) is 1.69. The molecule has 1 aliphatic carbocycles. The van der Waals surface area contributed by atoms with Crippen LogP contribution in [0.5, 0.6) is 0 Å². The maximum absolute atomic E-state index is 14.6. The van der Waals surface area contributed by atoms with Crippen LogP contribution in [0.4, 0.5) is 0 Å². The Morgan fingerprint density at radius 2 is 1.33 bits per heavy atom. The SMILES string of the molecule is CN[C@@H](C)C(=O)C[C@H]1COC(=O)CCC(=O)OC[C@H](C)C(=O)N2C[C@@H](OCCO[C@@H]3CN(C1=O)[C@@H]1CC(CCc4ccccc4)C[C@@H]13)[C@H]1CN(CCc3ccccc3)C[C@H]12. The number of nitrogens with one attached hydrogen (secondary N) is 1. The molecule has 7 rings (SSSR count). The van der Waals surface area contributed by atoms with Gasteiger partial charge in [0.25, 0.3) is 0 Å². The predicted octanol–water partition coefficient (Wildman–Crippen LogP) is 3.71. The lowest BCUT2D eigenvalue weighted by molar-refractivity contribution is -0.155. The number of nitrogens with zero attached hydrogens (tertiary/aromatic N) is 3. The highest BCUT2D eigenvalue weighted by Crippen LogP contribution is 2.45. The summed E-state index contributed by atoms with van der Waals surface area (Å²) >= 11 is 0. The molecule has 0 aromatic heterocycles. The molecule has 5 fully saturated rings. The second kappa shape index (κ2) is 20.6. The first-order valence-electron chi connectivity index (χ1n) is 22.2. The van der Waals surface area contributed by atoms with E-state index in [4.69, 9.17) is 18.9 Å². The molecule has 4 heterocycles. The van der Waals surface area contributed by atoms with Crippen molar-refractivity contribution in [3.8, 4) is 0 Å². The smallest absolute Gasteiger partial charge is 0.306 e. The topological polar surface area (TPSA) is 144 Å². The zero-order valence-electron chi connectivity index (χ0n) is 35.6. The van der Waals surface area contributed by atoms with Gasteiger partial charge in [0.05, 0.1) is 62.2 Å². The Bertz CT molecular complexity index is 1780. The summed E-state index contributed by atoms with van der Waals surface area (Å²) in [5, 5.41) is 2.96. The molecule has 2 amide bonds. The average molecular weight is 829 g/mol. The van der Waals surface area contributed by atoms with Crippen molar-refractivity contribution in [2.45, 2.75) is 95.5 Å². The van der Waals surface area contributed by atoms with E-state index in [0.29, 0.717) is 32.2 Å². The van der Waals surface area contributed by atoms with Crippen molar-refractivity contribution in [1.82, 2.24) is 20.0 Å². The molecule has 2 aromatic rings. The third-order valence-electron chi connectivity index (χ3n) is 13.8. The maximum Gasteiger partial charge on any atom is 0.306 e. The molecule has 1 unspecified atom stereocenters. The van der Waals surface area contributed by atoms with E-state index in [1.807, 2.05) is 21.9 Å². The van der Waals surface area contributed by atoms with Gasteiger partial charge in [-0.2, -0.15) is 0 Å². The molecular weight excluding hydrogens is 765 g/mol. The molecule has 13 heteroatoms. The molecule has 4 aliphatic heterocycles. The molecule has 60 heavy (non-hydrogen) atoms. The Morgan fingerprint density at radius 1 is 0.733 bits per heavy atom. The summed E-state index contributed by atoms with van der Waals surface area (Å²) in [6.07, 6.45) is 3.68. The minimum absolute atomic E-state index is 0.0221. The predicted molar refractivity (Wildman–Crippen MR) is 223 cm³/mol. The molecule has 4 saturated heterocycles. The van der Waals surface area contributed by atoms with Gasteiger partial charge < -0.3 is 39.0 Å². The van der Waals surface area contributed by atoms with Gasteiger partial charge in [0.2, 0.25) is 11.8 Å². The number of likely N-dealkylation sites (tertiary alicyclic amines) is 1. The van der Waals surface area contributed by atoms with Gasteiger partial charge in [0.15, 0.2) is 0 Å². The highest BCUT2D eigenvalue weighted by atomic mass is 16.5. The fourth-order valence-electron chi connectivity index (χ4n) is 10.2. The molecule has 10 atom stereocenters. The van der Waals surface area contributed by atoms with Gasteiger partial charge in [-0.1, -0.05) is 67.6 Å². The molecule has 1 saturated carbocycles. The van der Waals surface area contributed by atoms with E-state index in [2.05, 4.69) is 58.7 Å². The first-order valence-corrected chi connectivity index (χ1v) is 22.2. The van der Waals surface area contributed by atoms with Crippen molar-refractivity contribution in [2.24, 2.45) is 29.6 Å². The number of esters is 2. The van der Waals surface area contributed by atoms with Gasteiger partial charge in [-0.15, -0.1) is 0 Å². The highest BCUT2D eigenvalue weighted by molar-refractivity contribution is 5.90. The molecule has 0 spiro atoms. The van der Waals surface area contributed by atoms with Crippen LogP contribution in [0.3, 0.4) is 0 Å². The normalized spacial score (nSPS) is 31.5. The standard InChI is InChI=1S/C47H64N4O9/c1-31-29-59-44(53)16-17-45(54)60-30-36(24-41(52)32(2)48-3)47(56)50-27-42(37-22-35(23-39(37)50)15-14-33-10-6-4-7-11-33)57-20-21-58-43-28-51(46(31)55)40-26-49(25-38(40)43)19-18-34-12-8-5-9-13-34/h4-13,31-32,35-40,42-43,48H,14-30H2,1-3H3/t31-,32-,35?,36-,37-,38-,39+,40+,42+,43+/m0/s1. The number of carbonyl (C=O) groups excluding carboxylic acids is 5. The lowest BCUT2D eigenvalue weighted by atomic mass is 9.95. The van der Waals surface area contributed by atoms with Crippen LogP contribution < -0.4 is 5.32 Å². The fraction of sp³-hybridized carbons (Fsp3) is 0.638. The van der Waals surface area contributed by atoms with Crippen LogP contribution in [0.2, 0.25) is 0 Å². The van der Waals surface area contributed by atoms with Crippen LogP contribution in [0.15, 0.2) is 60.7 Å². The zero-order chi connectivity index (χ0) is 42.2. The van der Waals surface area contributed by atoms with Gasteiger partial charge in [-0.05, 0) is 63.1 Å². The van der Waals surface area contributed by atoms with E-state index in [-0.39, 0.29) is 86.2 Å². The largest absolute Gasteiger partial charge is 0.465 e. The van der Waals surface area contributed by atoms with Crippen LogP contribution in [-0.2, 0) is 55.8 Å². The van der Waals surface area contributed by atoms with E-state index in [1.165, 1.54) is 11.1 Å². The molecule has 1 N–H and O–H groups in total. The number of Topliss-reactive ketones (excluding diaryl/α,β-unsaturated/α-hetero) is 1. The lowest BCUT2D eigenvalue weighted by Crippen LogP contribution is -2.44. The Kier molecular flexibility index (Phi) is 15.1.